The molecule has 3 aromatic carbocycles. The Bertz CT molecular complexity index is 1620. The molecule has 0 radical (unpaired) electrons. The molecule has 5 rings (SSSR count). The van der Waals surface area contributed by atoms with Gasteiger partial charge in [0.1, 0.15) is 12.6 Å². The number of nitrogens with one attached hydrogen (secondary N) is 1. The van der Waals surface area contributed by atoms with Crippen LogP contribution in [-0.2, 0) is 17.2 Å². The molecule has 0 spiro atoms. The molecule has 1 atom stereocenters. The van der Waals surface area contributed by atoms with E-state index in [0.29, 0.717) is 61.2 Å². The number of rotatable bonds is 10. The van der Waals surface area contributed by atoms with Crippen molar-refractivity contribution in [2.75, 3.05) is 11.9 Å². The van der Waals surface area contributed by atoms with E-state index in [1.807, 2.05) is 56.3 Å². The minimum atomic E-state index is -0.516. The number of nitrogens with zero attached hydrogens (tertiary/aromatic N) is 3. The molecule has 1 N–H and O–H groups in total. The molecule has 0 saturated heterocycles. The molecule has 0 fully saturated rings. The molecular formula is C30H27Cl3N4O3S. The maximum atomic E-state index is 12.9. The van der Waals surface area contributed by atoms with Crippen molar-refractivity contribution in [3.63, 3.8) is 0 Å². The summed E-state index contributed by atoms with van der Waals surface area (Å²) in [5.74, 6) is 2.14. The summed E-state index contributed by atoms with van der Waals surface area (Å²) >= 11 is 20.5. The molecule has 41 heavy (non-hydrogen) atoms. The molecule has 1 aliphatic heterocycles. The zero-order valence-electron chi connectivity index (χ0n) is 22.6. The van der Waals surface area contributed by atoms with Crippen LogP contribution < -0.4 is 14.8 Å². The molecule has 1 aromatic heterocycles. The van der Waals surface area contributed by atoms with Gasteiger partial charge >= 0.3 is 0 Å². The Balaban J connectivity index is 1.47. The predicted octanol–water partition coefficient (Wildman–Crippen LogP) is 8.39. The number of hydrogen-bond donors (Lipinski definition) is 1. The number of allylic oxidation sites excluding steroid dienone is 2. The number of ether oxygens (including phenoxy) is 2. The minimum absolute atomic E-state index is 0.0712. The largest absolute Gasteiger partial charge is 0.490 e. The van der Waals surface area contributed by atoms with Gasteiger partial charge in [-0.3, -0.25) is 4.79 Å². The van der Waals surface area contributed by atoms with Gasteiger partial charge in [-0.15, -0.1) is 5.10 Å². The Morgan fingerprint density at radius 2 is 1.73 bits per heavy atom. The van der Waals surface area contributed by atoms with Gasteiger partial charge in [0, 0.05) is 37.7 Å². The Hall–Kier alpha value is -3.17. The third kappa shape index (κ3) is 6.36. The van der Waals surface area contributed by atoms with Crippen LogP contribution in [0.25, 0.3) is 0 Å². The van der Waals surface area contributed by atoms with E-state index in [1.165, 1.54) is 11.8 Å². The number of ketones is 1. The zero-order valence-corrected chi connectivity index (χ0v) is 25.7. The standard InChI is InChI=1S/C30H27Cl3N4O3S/c1-4-39-26-14-19(12-13-25(26)40-15-21-23(32)10-7-11-24(21)33)28-27(18(3)38)17(2)34-29-35-30(36-37(28)29)41-16-20-8-5-6-9-22(20)31/h5-14,28H,4,15-16H2,1-3H3,(H,34,35,36). The van der Waals surface area contributed by atoms with Crippen LogP contribution in [0.15, 0.2) is 77.1 Å². The Kier molecular flexibility index (Phi) is 9.14. The smallest absolute Gasteiger partial charge is 0.227 e. The average molecular weight is 630 g/mol. The SMILES string of the molecule is CCOc1cc(C2C(C(C)=O)=C(C)Nc3nc(SCc4ccccc4Cl)nn32)ccc1OCc1c(Cl)cccc1Cl. The second kappa shape index (κ2) is 12.8. The number of carbonyl (C=O) groups excluding carboxylic acids is 1. The number of Topliss-reactive ketones (excluding diaryl/α,β-unsaturated/α-hetero) is 1. The quantitative estimate of drug-likeness (QED) is 0.177. The zero-order chi connectivity index (χ0) is 29.1. The fraction of sp³-hybridized carbons (Fsp3) is 0.233. The molecule has 11 heteroatoms. The molecule has 0 amide bonds. The highest BCUT2D eigenvalue weighted by molar-refractivity contribution is 7.98. The summed E-state index contributed by atoms with van der Waals surface area (Å²) in [6, 6.07) is 18.1. The minimum Gasteiger partial charge on any atom is -0.490 e. The van der Waals surface area contributed by atoms with Crippen molar-refractivity contribution in [3.05, 3.63) is 104 Å². The number of aromatic nitrogens is 3. The Labute approximate surface area is 257 Å². The van der Waals surface area contributed by atoms with Crippen molar-refractivity contribution in [1.82, 2.24) is 14.8 Å². The van der Waals surface area contributed by atoms with E-state index in [9.17, 15) is 4.79 Å². The summed E-state index contributed by atoms with van der Waals surface area (Å²) in [5, 5.41) is 10.3. The van der Waals surface area contributed by atoms with Crippen LogP contribution in [0.5, 0.6) is 11.5 Å². The van der Waals surface area contributed by atoms with Gasteiger partial charge in [-0.2, -0.15) is 4.98 Å². The van der Waals surface area contributed by atoms with Crippen LogP contribution in [0.4, 0.5) is 5.95 Å². The van der Waals surface area contributed by atoms with Crippen molar-refractivity contribution in [2.45, 2.75) is 44.3 Å². The van der Waals surface area contributed by atoms with Gasteiger partial charge in [-0.05, 0) is 62.2 Å². The summed E-state index contributed by atoms with van der Waals surface area (Å²) in [5.41, 5.74) is 3.79. The second-order valence-electron chi connectivity index (χ2n) is 9.29. The number of anilines is 1. The van der Waals surface area contributed by atoms with E-state index in [2.05, 4.69) is 5.32 Å². The third-order valence-electron chi connectivity index (χ3n) is 6.54. The summed E-state index contributed by atoms with van der Waals surface area (Å²) in [7, 11) is 0. The van der Waals surface area contributed by atoms with Crippen LogP contribution in [0.3, 0.4) is 0 Å². The van der Waals surface area contributed by atoms with E-state index in [0.717, 1.165) is 16.8 Å². The molecular weight excluding hydrogens is 603 g/mol. The van der Waals surface area contributed by atoms with Gasteiger partial charge < -0.3 is 14.8 Å². The lowest BCUT2D eigenvalue weighted by atomic mass is 9.93. The number of hydrogen-bond acceptors (Lipinski definition) is 7. The number of fused-ring (bicyclic) bond motifs is 1. The first kappa shape index (κ1) is 29.3. The van der Waals surface area contributed by atoms with E-state index in [-0.39, 0.29) is 12.4 Å². The van der Waals surface area contributed by atoms with Crippen molar-refractivity contribution < 1.29 is 14.3 Å². The van der Waals surface area contributed by atoms with Gasteiger partial charge in [0.2, 0.25) is 11.1 Å². The summed E-state index contributed by atoms with van der Waals surface area (Å²) in [6.45, 7) is 5.91. The lowest BCUT2D eigenvalue weighted by molar-refractivity contribution is -0.114. The molecule has 212 valence electrons. The fourth-order valence-corrected chi connectivity index (χ4v) is 6.24. The predicted molar refractivity (Wildman–Crippen MR) is 165 cm³/mol. The van der Waals surface area contributed by atoms with Gasteiger partial charge in [0.25, 0.3) is 0 Å². The molecule has 4 aromatic rings. The van der Waals surface area contributed by atoms with Crippen molar-refractivity contribution in [2.24, 2.45) is 0 Å². The number of carbonyl (C=O) groups is 1. The molecule has 0 aliphatic carbocycles. The summed E-state index contributed by atoms with van der Waals surface area (Å²) in [4.78, 5) is 17.6. The van der Waals surface area contributed by atoms with E-state index in [4.69, 9.17) is 54.4 Å². The number of halogens is 3. The number of thioether (sulfide) groups is 1. The van der Waals surface area contributed by atoms with Crippen molar-refractivity contribution in [1.29, 1.82) is 0 Å². The molecule has 1 unspecified atom stereocenters. The normalized spacial score (nSPS) is 14.4. The van der Waals surface area contributed by atoms with Crippen molar-refractivity contribution >= 4 is 58.3 Å². The number of benzene rings is 3. The van der Waals surface area contributed by atoms with E-state index in [1.54, 1.807) is 29.8 Å². The monoisotopic (exact) mass is 628 g/mol. The van der Waals surface area contributed by atoms with Gasteiger partial charge in [0.15, 0.2) is 17.3 Å². The van der Waals surface area contributed by atoms with Crippen LogP contribution in [-0.4, -0.2) is 27.2 Å². The fourth-order valence-electron chi connectivity index (χ4n) is 4.62. The first-order chi connectivity index (χ1) is 19.8. The summed E-state index contributed by atoms with van der Waals surface area (Å²) in [6.07, 6.45) is 0. The van der Waals surface area contributed by atoms with Gasteiger partial charge in [-0.25, -0.2) is 4.68 Å². The van der Waals surface area contributed by atoms with Crippen LogP contribution in [0, 0.1) is 0 Å². The molecule has 0 saturated carbocycles. The van der Waals surface area contributed by atoms with E-state index >= 15 is 0 Å². The molecule has 2 heterocycles. The molecule has 0 bridgehead atoms. The van der Waals surface area contributed by atoms with E-state index < -0.39 is 6.04 Å². The Morgan fingerprint density at radius 1 is 1.00 bits per heavy atom. The first-order valence-corrected chi connectivity index (χ1v) is 15.0. The highest BCUT2D eigenvalue weighted by Crippen LogP contribution is 2.40. The van der Waals surface area contributed by atoms with Gasteiger partial charge in [-0.1, -0.05) is 76.9 Å². The topological polar surface area (TPSA) is 78.3 Å². The highest BCUT2D eigenvalue weighted by atomic mass is 35.5. The molecule has 7 nitrogen and oxygen atoms in total. The van der Waals surface area contributed by atoms with Crippen LogP contribution >= 0.6 is 46.6 Å². The van der Waals surface area contributed by atoms with Crippen LogP contribution in [0.2, 0.25) is 15.1 Å². The van der Waals surface area contributed by atoms with Gasteiger partial charge in [0.05, 0.1) is 6.61 Å². The summed E-state index contributed by atoms with van der Waals surface area (Å²) < 4.78 is 13.8. The van der Waals surface area contributed by atoms with Crippen LogP contribution in [0.1, 0.15) is 43.5 Å². The average Bonchev–Trinajstić information content (AvgIpc) is 3.34. The maximum absolute atomic E-state index is 12.9. The first-order valence-electron chi connectivity index (χ1n) is 12.9. The highest BCUT2D eigenvalue weighted by Gasteiger charge is 2.33. The lowest BCUT2D eigenvalue weighted by Gasteiger charge is -2.28. The Morgan fingerprint density at radius 3 is 2.44 bits per heavy atom. The van der Waals surface area contributed by atoms with Crippen molar-refractivity contribution in [3.8, 4) is 11.5 Å². The third-order valence-corrected chi connectivity index (χ3v) is 8.51. The molecule has 1 aliphatic rings. The second-order valence-corrected chi connectivity index (χ2v) is 11.5. The lowest BCUT2D eigenvalue weighted by Crippen LogP contribution is -2.27. The maximum Gasteiger partial charge on any atom is 0.227 e.